The largest absolute Gasteiger partial charge is 4.00 e. The fourth-order valence-electron chi connectivity index (χ4n) is 0.680. The molecule has 0 aromatic heterocycles. The van der Waals surface area contributed by atoms with Crippen LogP contribution in [0.15, 0.2) is 36.5 Å². The summed E-state index contributed by atoms with van der Waals surface area (Å²) in [6.07, 6.45) is 20.0. The van der Waals surface area contributed by atoms with E-state index in [0.717, 1.165) is 22.4 Å². The molecule has 1 radical (unpaired) electrons. The molecule has 2 aliphatic carbocycles. The molecule has 0 heterocycles. The standard InChI is InChI=1S/2C5H5.C2H7Si.2ClH.Ti/c2*1-2-4-5-3-1;1-3-2;;;/h2*1-3H,4H2;3H,1-2H3;2*1H;/q2*-1;;;;+4/p-2. The van der Waals surface area contributed by atoms with E-state index < -0.39 is 0 Å². The van der Waals surface area contributed by atoms with E-state index in [2.05, 4.69) is 37.4 Å². The summed E-state index contributed by atoms with van der Waals surface area (Å²) in [5.41, 5.74) is 0. The zero-order valence-electron chi connectivity index (χ0n) is 9.71. The van der Waals surface area contributed by atoms with Crippen molar-refractivity contribution in [3.63, 3.8) is 0 Å². The van der Waals surface area contributed by atoms with Crippen LogP contribution in [-0.2, 0) is 21.7 Å². The minimum atomic E-state index is 0. The second-order valence-corrected chi connectivity index (χ2v) is 3.74. The molecule has 16 heavy (non-hydrogen) atoms. The second kappa shape index (κ2) is 24.6. The molecule has 0 nitrogen and oxygen atoms in total. The second-order valence-electron chi connectivity index (χ2n) is 2.58. The van der Waals surface area contributed by atoms with Gasteiger partial charge in [0.1, 0.15) is 0 Å². The minimum Gasteiger partial charge on any atom is -1.00 e. The third kappa shape index (κ3) is 24.0. The topological polar surface area (TPSA) is 0 Å². The van der Waals surface area contributed by atoms with Gasteiger partial charge in [0, 0.05) is 9.52 Å². The Morgan fingerprint density at radius 1 is 0.875 bits per heavy atom. The van der Waals surface area contributed by atoms with Crippen molar-refractivity contribution in [3.05, 3.63) is 48.6 Å². The van der Waals surface area contributed by atoms with Gasteiger partial charge < -0.3 is 24.8 Å². The van der Waals surface area contributed by atoms with Gasteiger partial charge in [0.05, 0.1) is 0 Å². The Labute approximate surface area is 130 Å². The van der Waals surface area contributed by atoms with Crippen LogP contribution in [0.2, 0.25) is 13.1 Å². The van der Waals surface area contributed by atoms with E-state index in [1.807, 2.05) is 24.3 Å². The van der Waals surface area contributed by atoms with E-state index in [1.165, 1.54) is 0 Å². The van der Waals surface area contributed by atoms with Crippen molar-refractivity contribution in [1.82, 2.24) is 0 Å². The zero-order valence-corrected chi connectivity index (χ0v) is 13.9. The van der Waals surface area contributed by atoms with Crippen molar-refractivity contribution >= 4 is 9.52 Å². The van der Waals surface area contributed by atoms with Crippen LogP contribution >= 0.6 is 0 Å². The summed E-state index contributed by atoms with van der Waals surface area (Å²) in [7, 11) is 0.750. The Morgan fingerprint density at radius 2 is 1.19 bits per heavy atom. The van der Waals surface area contributed by atoms with Crippen molar-refractivity contribution < 1.29 is 46.5 Å². The predicted octanol–water partition coefficient (Wildman–Crippen LogP) is -2.86. The van der Waals surface area contributed by atoms with Crippen LogP contribution in [0.1, 0.15) is 12.8 Å². The number of halogens is 2. The fourth-order valence-corrected chi connectivity index (χ4v) is 0.680. The van der Waals surface area contributed by atoms with E-state index >= 15 is 0 Å². The van der Waals surface area contributed by atoms with Gasteiger partial charge in [0.25, 0.3) is 0 Å². The summed E-state index contributed by atoms with van der Waals surface area (Å²) in [5, 5.41) is 0. The van der Waals surface area contributed by atoms with Crippen molar-refractivity contribution in [2.75, 3.05) is 0 Å². The van der Waals surface area contributed by atoms with Crippen LogP contribution in [0.25, 0.3) is 0 Å². The molecular weight excluding hydrogens is 291 g/mol. The van der Waals surface area contributed by atoms with Gasteiger partial charge in [0.15, 0.2) is 0 Å². The smallest absolute Gasteiger partial charge is 1.00 e. The van der Waals surface area contributed by atoms with Crippen LogP contribution in [0.5, 0.6) is 0 Å². The normalized spacial score (nSPS) is 12.1. The maximum atomic E-state index is 2.99. The van der Waals surface area contributed by atoms with Crippen molar-refractivity contribution in [3.8, 4) is 0 Å². The third-order valence-corrected chi connectivity index (χ3v) is 1.17. The monoisotopic (exact) mass is 307 g/mol. The van der Waals surface area contributed by atoms with Gasteiger partial charge >= 0.3 is 21.7 Å². The molecule has 0 unspecified atom stereocenters. The van der Waals surface area contributed by atoms with Crippen LogP contribution in [0.3, 0.4) is 0 Å². The van der Waals surface area contributed by atoms with Crippen LogP contribution in [0.4, 0.5) is 0 Å². The summed E-state index contributed by atoms with van der Waals surface area (Å²) in [4.78, 5) is 0. The molecule has 0 bridgehead atoms. The van der Waals surface area contributed by atoms with Crippen molar-refractivity contribution in [1.29, 1.82) is 0 Å². The van der Waals surface area contributed by atoms with E-state index in [1.54, 1.807) is 0 Å². The van der Waals surface area contributed by atoms with Gasteiger partial charge in [-0.3, -0.25) is 12.2 Å². The van der Waals surface area contributed by atoms with Crippen molar-refractivity contribution in [2.45, 2.75) is 25.9 Å². The molecule has 0 saturated heterocycles. The number of rotatable bonds is 0. The van der Waals surface area contributed by atoms with Crippen LogP contribution in [0, 0.1) is 12.2 Å². The first kappa shape index (κ1) is 25.3. The summed E-state index contributed by atoms with van der Waals surface area (Å²) >= 11 is 0. The predicted molar refractivity (Wildman–Crippen MR) is 62.0 cm³/mol. The molecule has 0 saturated carbocycles. The Balaban J connectivity index is -0.0000000638. The van der Waals surface area contributed by atoms with Crippen molar-refractivity contribution in [2.24, 2.45) is 0 Å². The molecule has 0 aliphatic heterocycles. The van der Waals surface area contributed by atoms with Crippen LogP contribution < -0.4 is 24.8 Å². The molecule has 0 fully saturated rings. The number of hydrogen-bond donors (Lipinski definition) is 0. The average molecular weight is 308 g/mol. The number of allylic oxidation sites excluding steroid dienone is 8. The fraction of sp³-hybridized carbons (Fsp3) is 0.333. The minimum absolute atomic E-state index is 0. The third-order valence-electron chi connectivity index (χ3n) is 1.17. The van der Waals surface area contributed by atoms with Gasteiger partial charge in [-0.25, -0.2) is 24.3 Å². The molecule has 0 N–H and O–H groups in total. The Bertz CT molecular complexity index is 169. The summed E-state index contributed by atoms with van der Waals surface area (Å²) < 4.78 is 0. The van der Waals surface area contributed by atoms with Crippen LogP contribution in [-0.4, -0.2) is 9.52 Å². The first-order valence-electron chi connectivity index (χ1n) is 4.59. The van der Waals surface area contributed by atoms with E-state index in [4.69, 9.17) is 0 Å². The molecular formula is C12H17Cl2SiTi. The van der Waals surface area contributed by atoms with Gasteiger partial charge in [-0.2, -0.15) is 12.2 Å². The Kier molecular flexibility index (Phi) is 39.0. The van der Waals surface area contributed by atoms with Gasteiger partial charge in [0.2, 0.25) is 0 Å². The average Bonchev–Trinajstić information content (AvgIpc) is 2.85. The maximum Gasteiger partial charge on any atom is 4.00 e. The quantitative estimate of drug-likeness (QED) is 0.334. The Morgan fingerprint density at radius 3 is 1.25 bits per heavy atom. The number of hydrogen-bond acceptors (Lipinski definition) is 0. The summed E-state index contributed by atoms with van der Waals surface area (Å²) in [6, 6.07) is 0. The molecule has 2 aliphatic rings. The molecule has 0 atom stereocenters. The first-order valence-corrected chi connectivity index (χ1v) is 6.90. The molecule has 0 spiro atoms. The molecule has 4 heteroatoms. The zero-order chi connectivity index (χ0) is 9.78. The molecule has 87 valence electrons. The van der Waals surface area contributed by atoms with Gasteiger partial charge in [-0.05, 0) is 0 Å². The first-order chi connectivity index (χ1) is 6.41. The molecule has 0 amide bonds. The van der Waals surface area contributed by atoms with E-state index in [-0.39, 0.29) is 46.5 Å². The molecule has 0 aromatic carbocycles. The van der Waals surface area contributed by atoms with Gasteiger partial charge in [-0.1, -0.05) is 13.1 Å². The van der Waals surface area contributed by atoms with E-state index in [0.29, 0.717) is 0 Å². The summed E-state index contributed by atoms with van der Waals surface area (Å²) in [6.45, 7) is 4.42. The van der Waals surface area contributed by atoms with E-state index in [9.17, 15) is 0 Å². The van der Waals surface area contributed by atoms with Gasteiger partial charge in [-0.15, -0.1) is 12.8 Å². The SMILES string of the molecule is C[SiH]C.[C-]1=CC=CC1.[C-]1=CC=CC1.[Cl-].[Cl-].[Ti+4]. The molecule has 2 rings (SSSR count). The maximum absolute atomic E-state index is 2.99. The summed E-state index contributed by atoms with van der Waals surface area (Å²) in [5.74, 6) is 0. The molecule has 0 aromatic rings. The Hall–Kier alpha value is 0.471.